The lowest BCUT2D eigenvalue weighted by molar-refractivity contribution is 0.387. The van der Waals surface area contributed by atoms with Crippen molar-refractivity contribution in [2.75, 3.05) is 13.2 Å². The van der Waals surface area contributed by atoms with Gasteiger partial charge in [-0.25, -0.2) is 0 Å². The van der Waals surface area contributed by atoms with Crippen LogP contribution in [0.2, 0.25) is 13.1 Å². The minimum absolute atomic E-state index is 0.228. The van der Waals surface area contributed by atoms with Crippen molar-refractivity contribution in [3.8, 4) is 0 Å². The molecule has 0 radical (unpaired) electrons. The summed E-state index contributed by atoms with van der Waals surface area (Å²) in [5.41, 5.74) is 0. The molecule has 0 bridgehead atoms. The lowest BCUT2D eigenvalue weighted by Gasteiger charge is -1.92. The first-order chi connectivity index (χ1) is 5.91. The van der Waals surface area contributed by atoms with E-state index < -0.39 is 0 Å². The highest BCUT2D eigenvalue weighted by molar-refractivity contribution is 6.25. The quantitative estimate of drug-likeness (QED) is 0.338. The second kappa shape index (κ2) is 10.8. The summed E-state index contributed by atoms with van der Waals surface area (Å²) in [5.74, 6) is 0. The fraction of sp³-hybridized carbons (Fsp3) is 0.500. The molecular formula is C8H18O2Si2. The Morgan fingerprint density at radius 3 is 1.67 bits per heavy atom. The van der Waals surface area contributed by atoms with Gasteiger partial charge in [0.1, 0.15) is 0 Å². The summed E-state index contributed by atoms with van der Waals surface area (Å²) in [6.07, 6.45) is 8.06. The Bertz CT molecular complexity index is 119. The van der Waals surface area contributed by atoms with E-state index in [1.54, 1.807) is 0 Å². The van der Waals surface area contributed by atoms with Gasteiger partial charge in [0.2, 0.25) is 0 Å². The largest absolute Gasteiger partial charge is 0.421 e. The van der Waals surface area contributed by atoms with Crippen LogP contribution in [0.25, 0.3) is 0 Å². The van der Waals surface area contributed by atoms with Crippen LogP contribution in [-0.2, 0) is 8.85 Å². The van der Waals surface area contributed by atoms with Gasteiger partial charge in [-0.1, -0.05) is 37.4 Å². The van der Waals surface area contributed by atoms with Gasteiger partial charge < -0.3 is 8.85 Å². The molecule has 0 saturated heterocycles. The summed E-state index contributed by atoms with van der Waals surface area (Å²) in [6.45, 7) is 5.78. The molecule has 0 heterocycles. The monoisotopic (exact) mass is 202 g/mol. The maximum atomic E-state index is 5.26. The summed E-state index contributed by atoms with van der Waals surface area (Å²) in [7, 11) is -0.456. The van der Waals surface area contributed by atoms with Crippen LogP contribution in [0.4, 0.5) is 0 Å². The highest BCUT2D eigenvalue weighted by Crippen LogP contribution is 1.80. The third-order valence-electron chi connectivity index (χ3n) is 1.22. The van der Waals surface area contributed by atoms with Gasteiger partial charge in [0.15, 0.2) is 19.5 Å². The number of hydrogen-bond donors (Lipinski definition) is 0. The molecule has 0 aliphatic rings. The first-order valence-electron chi connectivity index (χ1n) is 4.39. The average molecular weight is 202 g/mol. The van der Waals surface area contributed by atoms with Crippen molar-refractivity contribution in [2.45, 2.75) is 13.1 Å². The summed E-state index contributed by atoms with van der Waals surface area (Å²) in [6, 6.07) is 0. The summed E-state index contributed by atoms with van der Waals surface area (Å²) >= 11 is 0. The van der Waals surface area contributed by atoms with Crippen LogP contribution in [0.15, 0.2) is 24.3 Å². The van der Waals surface area contributed by atoms with Gasteiger partial charge in [-0.05, 0) is 0 Å². The Morgan fingerprint density at radius 2 is 1.33 bits per heavy atom. The smallest absolute Gasteiger partial charge is 0.158 e. The van der Waals surface area contributed by atoms with Crippen molar-refractivity contribution in [3.05, 3.63) is 24.3 Å². The van der Waals surface area contributed by atoms with E-state index in [1.807, 2.05) is 24.3 Å². The van der Waals surface area contributed by atoms with Crippen molar-refractivity contribution < 1.29 is 8.85 Å². The lowest BCUT2D eigenvalue weighted by Crippen LogP contribution is -1.92. The Morgan fingerprint density at radius 1 is 0.917 bits per heavy atom. The van der Waals surface area contributed by atoms with Gasteiger partial charge in [-0.15, -0.1) is 0 Å². The Balaban J connectivity index is 3.15. The molecule has 0 N–H and O–H groups in total. The van der Waals surface area contributed by atoms with Gasteiger partial charge in [-0.2, -0.15) is 0 Å². The van der Waals surface area contributed by atoms with E-state index in [1.165, 1.54) is 0 Å². The van der Waals surface area contributed by atoms with Crippen molar-refractivity contribution in [3.63, 3.8) is 0 Å². The molecule has 70 valence electrons. The molecule has 0 spiro atoms. The highest BCUT2D eigenvalue weighted by Gasteiger charge is 1.75. The second-order valence-corrected chi connectivity index (χ2v) is 4.15. The standard InChI is InChI=1S/C8H18O2Si2/c1-11-9-7-5-3-4-6-8-10-12-2/h3-6H,7-8,11-12H2,1-2H3. The van der Waals surface area contributed by atoms with E-state index in [-0.39, 0.29) is 19.5 Å². The van der Waals surface area contributed by atoms with Crippen LogP contribution >= 0.6 is 0 Å². The maximum Gasteiger partial charge on any atom is 0.158 e. The first-order valence-corrected chi connectivity index (χ1v) is 8.37. The molecule has 0 atom stereocenters. The molecule has 4 heteroatoms. The van der Waals surface area contributed by atoms with Gasteiger partial charge in [0, 0.05) is 0 Å². The predicted octanol–water partition coefficient (Wildman–Crippen LogP) is 0.396. The van der Waals surface area contributed by atoms with E-state index in [4.69, 9.17) is 8.85 Å². The summed E-state index contributed by atoms with van der Waals surface area (Å²) in [4.78, 5) is 0. The van der Waals surface area contributed by atoms with Crippen LogP contribution in [0.3, 0.4) is 0 Å². The molecule has 0 aliphatic carbocycles. The molecule has 0 aromatic rings. The second-order valence-electron chi connectivity index (χ2n) is 2.18. The number of allylic oxidation sites excluding steroid dienone is 2. The molecule has 0 fully saturated rings. The van der Waals surface area contributed by atoms with E-state index in [0.717, 1.165) is 13.2 Å². The molecule has 0 aromatic carbocycles. The topological polar surface area (TPSA) is 18.5 Å². The maximum absolute atomic E-state index is 5.26. The fourth-order valence-corrected chi connectivity index (χ4v) is 1.38. The Hall–Kier alpha value is -0.166. The third kappa shape index (κ3) is 9.83. The van der Waals surface area contributed by atoms with Crippen molar-refractivity contribution >= 4 is 19.5 Å². The first kappa shape index (κ1) is 11.8. The molecule has 0 aliphatic heterocycles. The molecule has 0 unspecified atom stereocenters. The van der Waals surface area contributed by atoms with Gasteiger partial charge >= 0.3 is 0 Å². The van der Waals surface area contributed by atoms with Crippen molar-refractivity contribution in [1.82, 2.24) is 0 Å². The average Bonchev–Trinajstić information content (AvgIpc) is 2.10. The summed E-state index contributed by atoms with van der Waals surface area (Å²) in [5, 5.41) is 0. The Labute approximate surface area is 79.5 Å². The Kier molecular flexibility index (Phi) is 10.7. The minimum atomic E-state index is -0.228. The van der Waals surface area contributed by atoms with Crippen LogP contribution in [-0.4, -0.2) is 32.7 Å². The summed E-state index contributed by atoms with van der Waals surface area (Å²) < 4.78 is 10.5. The lowest BCUT2D eigenvalue weighted by atomic mass is 10.4. The van der Waals surface area contributed by atoms with Crippen molar-refractivity contribution in [1.29, 1.82) is 0 Å². The molecule has 2 nitrogen and oxygen atoms in total. The van der Waals surface area contributed by atoms with E-state index in [2.05, 4.69) is 13.1 Å². The SMILES string of the molecule is C[SiH2]OCC=CC=CCO[SiH2]C. The van der Waals surface area contributed by atoms with E-state index >= 15 is 0 Å². The van der Waals surface area contributed by atoms with Gasteiger partial charge in [0.25, 0.3) is 0 Å². The molecule has 0 aromatic heterocycles. The van der Waals surface area contributed by atoms with E-state index in [0.29, 0.717) is 0 Å². The fourth-order valence-electron chi connectivity index (χ4n) is 0.640. The van der Waals surface area contributed by atoms with Crippen LogP contribution in [0.1, 0.15) is 0 Å². The minimum Gasteiger partial charge on any atom is -0.421 e. The molecule has 12 heavy (non-hydrogen) atoms. The zero-order valence-corrected chi connectivity index (χ0v) is 10.8. The van der Waals surface area contributed by atoms with Gasteiger partial charge in [-0.3, -0.25) is 0 Å². The van der Waals surface area contributed by atoms with Gasteiger partial charge in [0.05, 0.1) is 13.2 Å². The molecule has 0 rings (SSSR count). The molecule has 0 saturated carbocycles. The normalized spacial score (nSPS) is 13.8. The molecular weight excluding hydrogens is 184 g/mol. The number of hydrogen-bond acceptors (Lipinski definition) is 2. The zero-order chi connectivity index (χ0) is 9.07. The van der Waals surface area contributed by atoms with Crippen LogP contribution in [0, 0.1) is 0 Å². The number of rotatable bonds is 7. The highest BCUT2D eigenvalue weighted by atomic mass is 28.2. The predicted molar refractivity (Wildman–Crippen MR) is 59.0 cm³/mol. The van der Waals surface area contributed by atoms with E-state index in [9.17, 15) is 0 Å². The van der Waals surface area contributed by atoms with Crippen LogP contribution in [0.5, 0.6) is 0 Å². The van der Waals surface area contributed by atoms with Crippen LogP contribution < -0.4 is 0 Å². The molecule has 0 amide bonds. The third-order valence-corrected chi connectivity index (χ3v) is 2.51. The zero-order valence-electron chi connectivity index (χ0n) is 7.95. The van der Waals surface area contributed by atoms with Crippen molar-refractivity contribution in [2.24, 2.45) is 0 Å².